The highest BCUT2D eigenvalue weighted by Crippen LogP contribution is 2.24. The zero-order chi connectivity index (χ0) is 81.2. The highest BCUT2D eigenvalue weighted by Gasteiger charge is 2.37. The number of rotatable bonds is 52. The molecule has 10 unspecified atom stereocenters. The molecule has 0 saturated carbocycles. The quantitative estimate of drug-likeness (QED) is 0.0143. The van der Waals surface area contributed by atoms with Crippen LogP contribution in [0.5, 0.6) is 0 Å². The van der Waals surface area contributed by atoms with E-state index in [2.05, 4.69) is 53.2 Å². The van der Waals surface area contributed by atoms with Crippen LogP contribution in [-0.2, 0) is 86.5 Å². The van der Waals surface area contributed by atoms with Crippen LogP contribution in [0.2, 0.25) is 0 Å². The summed E-state index contributed by atoms with van der Waals surface area (Å²) in [6.45, 7) is 2.27. The van der Waals surface area contributed by atoms with Crippen LogP contribution in [0, 0.1) is 45.3 Å². The fraction of sp³-hybridized carbons (Fsp3) is 0.405. The Morgan fingerprint density at radius 2 is 0.509 bits per heavy atom. The molecule has 5 amide bonds. The Bertz CT molecular complexity index is 4030. The maximum Gasteiger partial charge on any atom is 0.243 e. The lowest BCUT2D eigenvalue weighted by molar-refractivity contribution is -0.136. The average molecular weight is 1530 g/mol. The first-order chi connectivity index (χ1) is 53.8. The van der Waals surface area contributed by atoms with Crippen LogP contribution in [0.1, 0.15) is 117 Å². The number of likely N-dealkylation sites (N-methyl/N-ethyl adjacent to an activating group) is 1. The Balaban J connectivity index is 1.32. The molecule has 0 radical (unpaired) electrons. The van der Waals surface area contributed by atoms with Gasteiger partial charge in [-0.05, 0) is 124 Å². The van der Waals surface area contributed by atoms with Gasteiger partial charge in [0.05, 0.1) is 24.2 Å². The molecule has 6 aromatic carbocycles. The molecule has 112 heavy (non-hydrogen) atoms. The molecule has 0 aliphatic heterocycles. The Labute approximate surface area is 655 Å². The van der Waals surface area contributed by atoms with Gasteiger partial charge in [-0.3, -0.25) is 69.6 Å². The number of hydrogen-bond donors (Lipinski definition) is 18. The number of Topliss-reactive ketones (excluding diaryl/α,β-unsaturated/α-hetero) is 5. The van der Waals surface area contributed by atoms with Gasteiger partial charge >= 0.3 is 0 Å². The van der Waals surface area contributed by atoms with Crippen LogP contribution < -0.4 is 76.1 Å². The molecular formula is C84H112N18O10. The molecule has 0 aliphatic rings. The van der Waals surface area contributed by atoms with E-state index < -0.39 is 120 Å². The minimum atomic E-state index is -1.41. The zero-order valence-electron chi connectivity index (χ0n) is 64.0. The molecule has 0 bridgehead atoms. The van der Waals surface area contributed by atoms with Gasteiger partial charge in [0.25, 0.3) is 0 Å². The van der Waals surface area contributed by atoms with Gasteiger partial charge < -0.3 is 76.1 Å². The van der Waals surface area contributed by atoms with E-state index in [0.29, 0.717) is 61.0 Å². The number of ketones is 5. The van der Waals surface area contributed by atoms with Crippen molar-refractivity contribution in [3.8, 4) is 0 Å². The number of hydrogen-bond acceptors (Lipinski definition) is 15. The minimum Gasteiger partial charge on any atom is -0.370 e. The molecule has 28 nitrogen and oxygen atoms in total. The second-order valence-corrected chi connectivity index (χ2v) is 28.3. The third-order valence-electron chi connectivity index (χ3n) is 19.4. The fourth-order valence-corrected chi connectivity index (χ4v) is 13.3. The van der Waals surface area contributed by atoms with E-state index in [-0.39, 0.29) is 126 Å². The summed E-state index contributed by atoms with van der Waals surface area (Å²) in [5, 5.41) is 59.5. The number of carbonyl (C=O) groups is 10. The van der Waals surface area contributed by atoms with Crippen LogP contribution in [0.4, 0.5) is 0 Å². The second-order valence-electron chi connectivity index (χ2n) is 28.3. The van der Waals surface area contributed by atoms with Gasteiger partial charge in [0, 0.05) is 88.4 Å². The number of guanidine groups is 4. The third-order valence-corrected chi connectivity index (χ3v) is 19.4. The predicted molar refractivity (Wildman–Crippen MR) is 433 cm³/mol. The lowest BCUT2D eigenvalue weighted by Crippen LogP contribution is -2.55. The van der Waals surface area contributed by atoms with Crippen molar-refractivity contribution < 1.29 is 47.9 Å². The maximum atomic E-state index is 15.5. The Morgan fingerprint density at radius 3 is 0.786 bits per heavy atom. The minimum absolute atomic E-state index is 0.0249. The molecule has 0 spiro atoms. The van der Waals surface area contributed by atoms with E-state index in [1.807, 2.05) is 48.5 Å². The number of nitrogens with two attached hydrogens (primary N) is 4. The summed E-state index contributed by atoms with van der Waals surface area (Å²) >= 11 is 0. The van der Waals surface area contributed by atoms with Crippen molar-refractivity contribution in [3.05, 3.63) is 215 Å². The first kappa shape index (κ1) is 89.0. The van der Waals surface area contributed by atoms with Crippen molar-refractivity contribution in [3.63, 3.8) is 0 Å². The molecule has 0 heterocycles. The SMILES string of the molecule is CNC(CCCNC(=N)N)C(=O)CC(Cc1ccccc1)C(=O)NC(Cc1ccccc1)C(=O)NC(CCCNC(=N)N)C(=O)CC(Cc1ccccc1)C(=O)NC(Cc1ccccc1)C(=O)NC(CCCNC(=N)N)C(=O)CC(Cc1ccccc1)C(=O)NC(Cc1ccccc1)C(=O)CC(CCCNC(=N)N)C(C)=O. The van der Waals surface area contributed by atoms with E-state index in [4.69, 9.17) is 44.6 Å². The summed E-state index contributed by atoms with van der Waals surface area (Å²) in [4.78, 5) is 148. The summed E-state index contributed by atoms with van der Waals surface area (Å²) in [6.07, 6.45) is 0.572. The van der Waals surface area contributed by atoms with Gasteiger partial charge in [-0.15, -0.1) is 0 Å². The normalized spacial score (nSPS) is 13.7. The van der Waals surface area contributed by atoms with Gasteiger partial charge in [0.2, 0.25) is 29.5 Å². The van der Waals surface area contributed by atoms with Crippen molar-refractivity contribution in [1.82, 2.24) is 53.2 Å². The van der Waals surface area contributed by atoms with E-state index >= 15 is 28.8 Å². The Morgan fingerprint density at radius 1 is 0.286 bits per heavy atom. The van der Waals surface area contributed by atoms with Crippen molar-refractivity contribution >= 4 is 82.3 Å². The summed E-state index contributed by atoms with van der Waals surface area (Å²) < 4.78 is 0. The maximum absolute atomic E-state index is 15.5. The topological polar surface area (TPSA) is 490 Å². The molecule has 0 saturated heterocycles. The zero-order valence-corrected chi connectivity index (χ0v) is 64.0. The van der Waals surface area contributed by atoms with Gasteiger partial charge in [0.15, 0.2) is 47.0 Å². The molecule has 0 fully saturated rings. The summed E-state index contributed by atoms with van der Waals surface area (Å²) in [5.74, 6) is -10.7. The fourth-order valence-electron chi connectivity index (χ4n) is 13.3. The molecule has 28 heteroatoms. The number of amides is 5. The van der Waals surface area contributed by atoms with Gasteiger partial charge in [-0.25, -0.2) is 0 Å². The predicted octanol–water partition coefficient (Wildman–Crippen LogP) is 4.40. The standard InChI is InChI=1S/C84H112N18O10/c1-55(103)62(37-21-41-94-81(85)86)51-75(107)69(48-59-31-15-6-16-32-59)100-76(108)64(46-57-27-11-4-12-28-57)53-73(105)67(39-23-43-96-83(89)90)98-80(112)71(50-61-35-19-8-20-36-61)102-78(110)65(47-58-29-13-5-14-30-58)54-74(106)68(40-24-44-97-84(91)92)99-79(111)70(49-60-33-17-7-18-34-60)101-77(109)63(45-56-25-9-3-10-26-56)52-72(104)66(93-2)38-22-42-95-82(87)88/h3-20,25-36,62-71,93H,21-24,37-54H2,1-2H3,(H,98,112)(H,99,111)(H,100,108)(H,101,109)(H,102,110)(H4,85,86,94)(H4,87,88,95)(H4,89,90,96)(H4,91,92,97). The van der Waals surface area contributed by atoms with Crippen molar-refractivity contribution in [2.75, 3.05) is 33.2 Å². The van der Waals surface area contributed by atoms with Crippen LogP contribution in [0.3, 0.4) is 0 Å². The lowest BCUT2D eigenvalue weighted by atomic mass is 9.87. The molecular weight excluding hydrogens is 1420 g/mol. The highest BCUT2D eigenvalue weighted by atomic mass is 16.2. The van der Waals surface area contributed by atoms with E-state index in [0.717, 1.165) is 11.1 Å². The first-order valence-corrected chi connectivity index (χ1v) is 38.2. The van der Waals surface area contributed by atoms with Crippen LogP contribution in [0.25, 0.3) is 0 Å². The summed E-state index contributed by atoms with van der Waals surface area (Å²) in [7, 11) is 1.65. The van der Waals surface area contributed by atoms with E-state index in [9.17, 15) is 19.2 Å². The monoisotopic (exact) mass is 1530 g/mol. The Hall–Kier alpha value is -11.9. The van der Waals surface area contributed by atoms with E-state index in [1.165, 1.54) is 6.92 Å². The lowest BCUT2D eigenvalue weighted by Gasteiger charge is -2.28. The molecule has 6 aromatic rings. The number of benzene rings is 6. The summed E-state index contributed by atoms with van der Waals surface area (Å²) in [6, 6.07) is 46.6. The van der Waals surface area contributed by atoms with E-state index in [1.54, 1.807) is 141 Å². The molecule has 0 aliphatic carbocycles. The van der Waals surface area contributed by atoms with Crippen molar-refractivity contribution in [1.29, 1.82) is 21.6 Å². The number of nitrogens with one attached hydrogen (secondary N) is 14. The van der Waals surface area contributed by atoms with Crippen LogP contribution >= 0.6 is 0 Å². The third kappa shape index (κ3) is 33.5. The van der Waals surface area contributed by atoms with Gasteiger partial charge in [-0.2, -0.15) is 0 Å². The molecule has 6 rings (SSSR count). The largest absolute Gasteiger partial charge is 0.370 e. The highest BCUT2D eigenvalue weighted by molar-refractivity contribution is 5.99. The molecule has 22 N–H and O–H groups in total. The van der Waals surface area contributed by atoms with Gasteiger partial charge in [0.1, 0.15) is 17.9 Å². The second kappa shape index (κ2) is 48.6. The molecule has 598 valence electrons. The van der Waals surface area contributed by atoms with Crippen LogP contribution in [-0.4, -0.2) is 152 Å². The van der Waals surface area contributed by atoms with Gasteiger partial charge in [-0.1, -0.05) is 182 Å². The Kier molecular flexibility index (Phi) is 38.6. The average Bonchev–Trinajstić information content (AvgIpc) is 0.901. The van der Waals surface area contributed by atoms with Crippen LogP contribution in [0.15, 0.2) is 182 Å². The summed E-state index contributed by atoms with van der Waals surface area (Å²) in [5.41, 5.74) is 26.4. The van der Waals surface area contributed by atoms with Crippen molar-refractivity contribution in [2.24, 2.45) is 46.6 Å². The first-order valence-electron chi connectivity index (χ1n) is 38.2. The molecule has 10 atom stereocenters. The van der Waals surface area contributed by atoms with Crippen molar-refractivity contribution in [2.45, 2.75) is 159 Å². The molecule has 0 aromatic heterocycles. The number of carbonyl (C=O) groups excluding carboxylic acids is 10. The smallest absolute Gasteiger partial charge is 0.243 e.